The SMILES string of the molecule is O=S(=O)([O-])CCCCCOCCNCCCS(=O)(=O)C(F)(F)C(F)(F)C(F)(F)C(F)(F)C(F)(F)C(F)(F)C(F)(F)C(F)(F)F.[K+]. The number of rotatable bonds is 20. The van der Waals surface area contributed by atoms with Crippen LogP contribution >= 0.6 is 0 Å². The number of ether oxygens (including phenoxy) is 1. The molecule has 0 atom stereocenters. The topological polar surface area (TPSA) is 113 Å². The first-order chi connectivity index (χ1) is 19.2. The monoisotopic (exact) mass is 773 g/mol. The number of unbranched alkanes of at least 4 members (excludes halogenated alkanes) is 2. The largest absolute Gasteiger partial charge is 1.00 e. The van der Waals surface area contributed by atoms with E-state index in [1.54, 1.807) is 0 Å². The van der Waals surface area contributed by atoms with Crippen molar-refractivity contribution >= 4 is 20.0 Å². The molecule has 0 rings (SSSR count). The van der Waals surface area contributed by atoms with Crippen molar-refractivity contribution in [1.82, 2.24) is 5.32 Å². The Labute approximate surface area is 286 Å². The summed E-state index contributed by atoms with van der Waals surface area (Å²) < 4.78 is 285. The van der Waals surface area contributed by atoms with Crippen LogP contribution in [-0.2, 0) is 24.7 Å². The van der Waals surface area contributed by atoms with Crippen LogP contribution in [0.15, 0.2) is 0 Å². The van der Waals surface area contributed by atoms with Crippen LogP contribution in [0.3, 0.4) is 0 Å². The van der Waals surface area contributed by atoms with Gasteiger partial charge in [0.05, 0.1) is 22.5 Å². The molecule has 0 aromatic carbocycles. The molecule has 0 bridgehead atoms. The fourth-order valence-corrected chi connectivity index (χ4v) is 4.75. The van der Waals surface area contributed by atoms with Gasteiger partial charge in [-0.05, 0) is 25.8 Å². The summed E-state index contributed by atoms with van der Waals surface area (Å²) in [6.45, 7) is -1.20. The van der Waals surface area contributed by atoms with E-state index in [-0.39, 0.29) is 90.4 Å². The van der Waals surface area contributed by atoms with E-state index >= 15 is 0 Å². The van der Waals surface area contributed by atoms with Crippen molar-refractivity contribution in [1.29, 1.82) is 0 Å². The maximum atomic E-state index is 14.0. The average molecular weight is 774 g/mol. The summed E-state index contributed by atoms with van der Waals surface area (Å²) in [5.74, 6) is -54.7. The molecular weight excluding hydrogens is 752 g/mol. The van der Waals surface area contributed by atoms with E-state index in [1.807, 2.05) is 0 Å². The third-order valence-corrected chi connectivity index (χ3v) is 8.11. The number of sulfone groups is 1. The molecule has 0 radical (unpaired) electrons. The van der Waals surface area contributed by atoms with E-state index in [4.69, 9.17) is 4.74 Å². The summed E-state index contributed by atoms with van der Waals surface area (Å²) in [6.07, 6.45) is -8.59. The van der Waals surface area contributed by atoms with Crippen LogP contribution in [0.25, 0.3) is 0 Å². The van der Waals surface area contributed by atoms with Gasteiger partial charge in [-0.3, -0.25) is 0 Å². The van der Waals surface area contributed by atoms with Crippen molar-refractivity contribution in [2.24, 2.45) is 0 Å². The van der Waals surface area contributed by atoms with Crippen molar-refractivity contribution in [2.75, 3.05) is 37.8 Å². The van der Waals surface area contributed by atoms with Crippen molar-refractivity contribution < 1.29 is 152 Å². The van der Waals surface area contributed by atoms with E-state index in [1.165, 1.54) is 0 Å². The molecule has 0 saturated carbocycles. The predicted octanol–water partition coefficient (Wildman–Crippen LogP) is 2.08. The Morgan fingerprint density at radius 2 is 0.933 bits per heavy atom. The van der Waals surface area contributed by atoms with Crippen LogP contribution in [-0.4, -0.2) is 106 Å². The van der Waals surface area contributed by atoms with Gasteiger partial charge in [-0.25, -0.2) is 16.8 Å². The Bertz CT molecular complexity index is 1160. The molecule has 0 aliphatic rings. The number of alkyl halides is 17. The maximum absolute atomic E-state index is 14.0. The van der Waals surface area contributed by atoms with Gasteiger partial charge in [0.1, 0.15) is 0 Å². The third kappa shape index (κ3) is 9.91. The van der Waals surface area contributed by atoms with Crippen molar-refractivity contribution in [3.8, 4) is 0 Å². The molecule has 0 heterocycles. The second kappa shape index (κ2) is 15.8. The van der Waals surface area contributed by atoms with E-state index in [9.17, 15) is 96.0 Å². The molecule has 7 nitrogen and oxygen atoms in total. The van der Waals surface area contributed by atoms with Gasteiger partial charge in [-0.15, -0.1) is 0 Å². The Balaban J connectivity index is 0. The predicted molar refractivity (Wildman–Crippen MR) is 111 cm³/mol. The Kier molecular flexibility index (Phi) is 16.7. The quantitative estimate of drug-likeness (QED) is 0.0874. The van der Waals surface area contributed by atoms with Crippen molar-refractivity contribution in [2.45, 2.75) is 72.6 Å². The molecule has 0 aromatic rings. The van der Waals surface area contributed by atoms with Gasteiger partial charge < -0.3 is 14.6 Å². The van der Waals surface area contributed by atoms with E-state index < -0.39 is 91.4 Å². The second-order valence-electron chi connectivity index (χ2n) is 8.82. The molecule has 1 N–H and O–H groups in total. The van der Waals surface area contributed by atoms with Crippen LogP contribution in [0, 0.1) is 0 Å². The first-order valence-electron chi connectivity index (χ1n) is 11.4. The maximum Gasteiger partial charge on any atom is 1.00 e. The van der Waals surface area contributed by atoms with Crippen LogP contribution in [0.5, 0.6) is 0 Å². The third-order valence-electron chi connectivity index (χ3n) is 5.46. The number of nitrogens with one attached hydrogen (secondary N) is 1. The second-order valence-corrected chi connectivity index (χ2v) is 12.5. The van der Waals surface area contributed by atoms with Crippen molar-refractivity contribution in [3.63, 3.8) is 0 Å². The van der Waals surface area contributed by atoms with Crippen LogP contribution in [0.1, 0.15) is 25.7 Å². The first kappa shape index (κ1) is 47.3. The summed E-state index contributed by atoms with van der Waals surface area (Å²) in [7, 11) is -11.5. The molecule has 27 heteroatoms. The minimum atomic E-state index is -8.87. The van der Waals surface area contributed by atoms with Crippen LogP contribution in [0.4, 0.5) is 74.6 Å². The van der Waals surface area contributed by atoms with Gasteiger partial charge in [0.2, 0.25) is 9.84 Å². The van der Waals surface area contributed by atoms with Gasteiger partial charge in [-0.2, -0.15) is 74.6 Å². The summed E-state index contributed by atoms with van der Waals surface area (Å²) >= 11 is 0. The Morgan fingerprint density at radius 3 is 1.36 bits per heavy atom. The molecular formula is C18H21F17KNO6S2. The van der Waals surface area contributed by atoms with Crippen molar-refractivity contribution in [3.05, 3.63) is 0 Å². The van der Waals surface area contributed by atoms with Gasteiger partial charge in [0.15, 0.2) is 0 Å². The molecule has 0 unspecified atom stereocenters. The summed E-state index contributed by atoms with van der Waals surface area (Å²) in [4.78, 5) is 0. The first-order valence-corrected chi connectivity index (χ1v) is 14.6. The van der Waals surface area contributed by atoms with E-state index in [2.05, 4.69) is 5.32 Å². The molecule has 0 amide bonds. The summed E-state index contributed by atoms with van der Waals surface area (Å²) in [5.41, 5.74) is 0. The minimum Gasteiger partial charge on any atom is -0.748 e. The zero-order chi connectivity index (χ0) is 35.5. The summed E-state index contributed by atoms with van der Waals surface area (Å²) in [6, 6.07) is 0. The van der Waals surface area contributed by atoms with Gasteiger partial charge >= 0.3 is 98.4 Å². The van der Waals surface area contributed by atoms with Gasteiger partial charge in [0, 0.05) is 18.9 Å². The number of hydrogen-bond acceptors (Lipinski definition) is 7. The Hall–Kier alpha value is 0.226. The van der Waals surface area contributed by atoms with Gasteiger partial charge in [-0.1, -0.05) is 6.42 Å². The Morgan fingerprint density at radius 1 is 0.511 bits per heavy atom. The molecule has 0 aliphatic carbocycles. The molecule has 0 spiro atoms. The van der Waals surface area contributed by atoms with E-state index in [0.717, 1.165) is 0 Å². The fourth-order valence-electron chi connectivity index (χ4n) is 2.89. The molecule has 266 valence electrons. The molecule has 45 heavy (non-hydrogen) atoms. The van der Waals surface area contributed by atoms with Crippen LogP contribution < -0.4 is 56.7 Å². The standard InChI is InChI=1S/C18H22F17NO6S2.K/c19-11(20,13(23,24)15(27,28)17(31,32)33)12(21,22)14(25,26)16(29,30)18(34,35)43(37,38)9-4-5-36-6-8-42-7-2-1-3-10-44(39,40)41;/h36H,1-10H2,(H,39,40,41);/q;+1/p-1. The normalized spacial score (nSPS) is 15.2. The fraction of sp³-hybridized carbons (Fsp3) is 1.00. The molecule has 0 aliphatic heterocycles. The average Bonchev–Trinajstić information content (AvgIpc) is 2.82. The zero-order valence-corrected chi connectivity index (χ0v) is 27.0. The summed E-state index contributed by atoms with van der Waals surface area (Å²) in [5, 5.41) is -5.28. The minimum absolute atomic E-state index is 0. The molecule has 0 aromatic heterocycles. The van der Waals surface area contributed by atoms with E-state index in [0.29, 0.717) is 0 Å². The number of hydrogen-bond donors (Lipinski definition) is 1. The number of halogens is 17. The zero-order valence-electron chi connectivity index (χ0n) is 22.3. The van der Waals surface area contributed by atoms with Gasteiger partial charge in [0.25, 0.3) is 0 Å². The smallest absolute Gasteiger partial charge is 0.748 e. The van der Waals surface area contributed by atoms with Crippen LogP contribution in [0.2, 0.25) is 0 Å². The molecule has 0 saturated heterocycles. The molecule has 0 fully saturated rings.